The van der Waals surface area contributed by atoms with Crippen LogP contribution in [0.5, 0.6) is 0 Å². The molecule has 1 aromatic carbocycles. The molecule has 3 aromatic rings. The molecule has 0 unspecified atom stereocenters. The van der Waals surface area contributed by atoms with Gasteiger partial charge >= 0.3 is 0 Å². The van der Waals surface area contributed by atoms with Crippen LogP contribution in [-0.4, -0.2) is 51.8 Å². The van der Waals surface area contributed by atoms with E-state index in [1.54, 1.807) is 18.5 Å². The average Bonchev–Trinajstić information content (AvgIpc) is 3.12. The highest BCUT2D eigenvalue weighted by Crippen LogP contribution is 2.29. The average molecular weight is 397 g/mol. The van der Waals surface area contributed by atoms with Crippen LogP contribution >= 0.6 is 0 Å². The SMILES string of the molecule is O=C(c1cc(F)c(-c2cc3cnn(C4CCNCC4)c3cn2)cc1F)N1CCC1. The summed E-state index contributed by atoms with van der Waals surface area (Å²) in [4.78, 5) is 18.1. The van der Waals surface area contributed by atoms with Crippen LogP contribution in [0.2, 0.25) is 0 Å². The van der Waals surface area contributed by atoms with Crippen molar-refractivity contribution in [2.24, 2.45) is 0 Å². The lowest BCUT2D eigenvalue weighted by molar-refractivity contribution is 0.0646. The molecule has 2 fully saturated rings. The summed E-state index contributed by atoms with van der Waals surface area (Å²) in [7, 11) is 0. The zero-order valence-electron chi connectivity index (χ0n) is 15.9. The molecule has 2 aromatic heterocycles. The number of piperidine rings is 1. The van der Waals surface area contributed by atoms with Crippen LogP contribution in [0.15, 0.2) is 30.6 Å². The van der Waals surface area contributed by atoms with Gasteiger partial charge in [0.15, 0.2) is 0 Å². The van der Waals surface area contributed by atoms with Gasteiger partial charge in [-0.1, -0.05) is 0 Å². The van der Waals surface area contributed by atoms with Crippen molar-refractivity contribution in [3.63, 3.8) is 0 Å². The van der Waals surface area contributed by atoms with Gasteiger partial charge in [-0.25, -0.2) is 8.78 Å². The first-order valence-electron chi connectivity index (χ1n) is 9.94. The van der Waals surface area contributed by atoms with Gasteiger partial charge in [-0.05, 0) is 50.6 Å². The summed E-state index contributed by atoms with van der Waals surface area (Å²) in [5.74, 6) is -1.86. The number of benzene rings is 1. The summed E-state index contributed by atoms with van der Waals surface area (Å²) in [6.45, 7) is 3.07. The first-order valence-corrected chi connectivity index (χ1v) is 9.94. The van der Waals surface area contributed by atoms with Gasteiger partial charge in [-0.15, -0.1) is 0 Å². The number of nitrogens with one attached hydrogen (secondary N) is 1. The third-order valence-electron chi connectivity index (χ3n) is 5.84. The number of hydrogen-bond acceptors (Lipinski definition) is 4. The number of carbonyl (C=O) groups excluding carboxylic acids is 1. The highest BCUT2D eigenvalue weighted by Gasteiger charge is 2.26. The normalized spacial score (nSPS) is 17.5. The molecule has 2 saturated heterocycles. The first-order chi connectivity index (χ1) is 14.1. The van der Waals surface area contributed by atoms with E-state index in [9.17, 15) is 13.6 Å². The van der Waals surface area contributed by atoms with E-state index in [0.29, 0.717) is 24.8 Å². The Balaban J connectivity index is 1.49. The monoisotopic (exact) mass is 397 g/mol. The van der Waals surface area contributed by atoms with Gasteiger partial charge in [0.2, 0.25) is 0 Å². The molecule has 0 atom stereocenters. The van der Waals surface area contributed by atoms with E-state index in [-0.39, 0.29) is 11.1 Å². The number of fused-ring (bicyclic) bond motifs is 1. The number of hydrogen-bond donors (Lipinski definition) is 1. The molecule has 1 amide bonds. The van der Waals surface area contributed by atoms with Gasteiger partial charge < -0.3 is 10.2 Å². The van der Waals surface area contributed by atoms with Crippen LogP contribution in [0.25, 0.3) is 22.2 Å². The van der Waals surface area contributed by atoms with Crippen molar-refractivity contribution in [2.75, 3.05) is 26.2 Å². The molecule has 8 heteroatoms. The molecule has 2 aliphatic rings. The van der Waals surface area contributed by atoms with Gasteiger partial charge in [0, 0.05) is 24.0 Å². The summed E-state index contributed by atoms with van der Waals surface area (Å²) < 4.78 is 31.3. The number of carbonyl (C=O) groups is 1. The molecule has 1 N–H and O–H groups in total. The molecule has 5 rings (SSSR count). The zero-order chi connectivity index (χ0) is 20.0. The van der Waals surface area contributed by atoms with E-state index in [1.165, 1.54) is 4.90 Å². The van der Waals surface area contributed by atoms with Gasteiger partial charge in [0.05, 0.1) is 35.2 Å². The van der Waals surface area contributed by atoms with Crippen LogP contribution in [0.4, 0.5) is 8.78 Å². The molecular weight excluding hydrogens is 376 g/mol. The highest BCUT2D eigenvalue weighted by molar-refractivity contribution is 5.95. The van der Waals surface area contributed by atoms with Crippen LogP contribution in [0, 0.1) is 11.6 Å². The van der Waals surface area contributed by atoms with Crippen LogP contribution in [-0.2, 0) is 0 Å². The smallest absolute Gasteiger partial charge is 0.256 e. The number of nitrogens with zero attached hydrogens (tertiary/aromatic N) is 4. The molecule has 4 heterocycles. The minimum Gasteiger partial charge on any atom is -0.338 e. The lowest BCUT2D eigenvalue weighted by Gasteiger charge is -2.31. The number of likely N-dealkylation sites (tertiary alicyclic amines) is 1. The molecule has 0 spiro atoms. The summed E-state index contributed by atoms with van der Waals surface area (Å²) >= 11 is 0. The third-order valence-corrected chi connectivity index (χ3v) is 5.84. The van der Waals surface area contributed by atoms with Gasteiger partial charge in [0.25, 0.3) is 5.91 Å². The Labute approximate surface area is 166 Å². The standard InChI is InChI=1S/C21H21F2N5O/c22-17-10-16(21(29)27-6-1-7-27)18(23)9-15(17)19-8-13-11-26-28(20(13)12-25-19)14-2-4-24-5-3-14/h8-12,14,24H,1-7H2. The molecule has 0 aliphatic carbocycles. The number of rotatable bonds is 3. The number of halogens is 2. The second-order valence-corrected chi connectivity index (χ2v) is 7.66. The molecule has 2 aliphatic heterocycles. The summed E-state index contributed by atoms with van der Waals surface area (Å²) in [5, 5.41) is 8.66. The second-order valence-electron chi connectivity index (χ2n) is 7.66. The Morgan fingerprint density at radius 2 is 1.86 bits per heavy atom. The Morgan fingerprint density at radius 1 is 1.07 bits per heavy atom. The van der Waals surface area contributed by atoms with Crippen molar-refractivity contribution in [3.8, 4) is 11.3 Å². The van der Waals surface area contributed by atoms with Crippen LogP contribution in [0.3, 0.4) is 0 Å². The van der Waals surface area contributed by atoms with E-state index in [4.69, 9.17) is 0 Å². The van der Waals surface area contributed by atoms with Gasteiger partial charge in [0.1, 0.15) is 11.6 Å². The Hall–Kier alpha value is -2.87. The van der Waals surface area contributed by atoms with Crippen molar-refractivity contribution in [1.82, 2.24) is 25.0 Å². The van der Waals surface area contributed by atoms with Crippen LogP contribution in [0.1, 0.15) is 35.7 Å². The van der Waals surface area contributed by atoms with E-state index < -0.39 is 17.5 Å². The maximum absolute atomic E-state index is 14.8. The first kappa shape index (κ1) is 18.2. The molecule has 0 saturated carbocycles. The van der Waals surface area contributed by atoms with E-state index in [2.05, 4.69) is 15.4 Å². The highest BCUT2D eigenvalue weighted by atomic mass is 19.1. The Bertz CT molecular complexity index is 1090. The van der Waals surface area contributed by atoms with Crippen molar-refractivity contribution < 1.29 is 13.6 Å². The van der Waals surface area contributed by atoms with E-state index >= 15 is 0 Å². The molecule has 29 heavy (non-hydrogen) atoms. The predicted molar refractivity (Wildman–Crippen MR) is 105 cm³/mol. The molecule has 6 nitrogen and oxygen atoms in total. The fraction of sp³-hybridized carbons (Fsp3) is 0.381. The summed E-state index contributed by atoms with van der Waals surface area (Å²) in [6, 6.07) is 4.07. The minimum absolute atomic E-state index is 0.0409. The number of aromatic nitrogens is 3. The fourth-order valence-electron chi connectivity index (χ4n) is 4.03. The maximum Gasteiger partial charge on any atom is 0.256 e. The quantitative estimate of drug-likeness (QED) is 0.738. The predicted octanol–water partition coefficient (Wildman–Crippen LogP) is 3.15. The topological polar surface area (TPSA) is 63.1 Å². The zero-order valence-corrected chi connectivity index (χ0v) is 15.9. The number of pyridine rings is 1. The lowest BCUT2D eigenvalue weighted by Crippen LogP contribution is -2.42. The molecule has 150 valence electrons. The second kappa shape index (κ2) is 7.18. The third kappa shape index (κ3) is 3.17. The maximum atomic E-state index is 14.8. The largest absolute Gasteiger partial charge is 0.338 e. The van der Waals surface area contributed by atoms with Gasteiger partial charge in [-0.2, -0.15) is 5.10 Å². The lowest BCUT2D eigenvalue weighted by atomic mass is 10.0. The molecule has 0 bridgehead atoms. The molecule has 0 radical (unpaired) electrons. The van der Waals surface area contributed by atoms with Crippen molar-refractivity contribution in [1.29, 1.82) is 0 Å². The summed E-state index contributed by atoms with van der Waals surface area (Å²) in [5.41, 5.74) is 1.01. The van der Waals surface area contributed by atoms with Crippen molar-refractivity contribution in [2.45, 2.75) is 25.3 Å². The number of amides is 1. The molecular formula is C21H21F2N5O. The fourth-order valence-corrected chi connectivity index (χ4v) is 4.03. The van der Waals surface area contributed by atoms with E-state index in [0.717, 1.165) is 55.4 Å². The van der Waals surface area contributed by atoms with E-state index in [1.807, 2.05) is 4.68 Å². The summed E-state index contributed by atoms with van der Waals surface area (Å²) in [6.07, 6.45) is 6.27. The van der Waals surface area contributed by atoms with Crippen molar-refractivity contribution >= 4 is 16.8 Å². The Morgan fingerprint density at radius 3 is 2.59 bits per heavy atom. The van der Waals surface area contributed by atoms with Gasteiger partial charge in [-0.3, -0.25) is 14.5 Å². The Kier molecular flexibility index (Phi) is 4.50. The minimum atomic E-state index is -0.731. The van der Waals surface area contributed by atoms with Crippen molar-refractivity contribution in [3.05, 3.63) is 47.8 Å². The van der Waals surface area contributed by atoms with Crippen LogP contribution < -0.4 is 5.32 Å².